The minimum atomic E-state index is -1.82. The van der Waals surface area contributed by atoms with Gasteiger partial charge in [0.1, 0.15) is 17.9 Å². The highest BCUT2D eigenvalue weighted by Crippen LogP contribution is 2.44. The van der Waals surface area contributed by atoms with Crippen LogP contribution in [0.15, 0.2) is 24.5 Å². The summed E-state index contributed by atoms with van der Waals surface area (Å²) in [4.78, 5) is 45.0. The molecule has 49 heavy (non-hydrogen) atoms. The molecule has 2 aliphatic heterocycles. The fourth-order valence-corrected chi connectivity index (χ4v) is 6.59. The van der Waals surface area contributed by atoms with Crippen molar-refractivity contribution in [3.8, 4) is 11.6 Å². The number of likely N-dealkylation sites (N-methyl/N-ethyl adjacent to an activating group) is 1. The van der Waals surface area contributed by atoms with Crippen LogP contribution in [0.4, 0.5) is 10.2 Å². The smallest absolute Gasteiger partial charge is 0.414 e. The van der Waals surface area contributed by atoms with Gasteiger partial charge in [0.15, 0.2) is 5.82 Å². The number of ether oxygens (including phenoxy) is 2. The first-order chi connectivity index (χ1) is 23.2. The number of benzene rings is 1. The molecule has 1 amide bonds. The van der Waals surface area contributed by atoms with E-state index in [0.717, 1.165) is 52.3 Å². The molecule has 2 N–H and O–H groups in total. The van der Waals surface area contributed by atoms with Crippen LogP contribution < -0.4 is 9.64 Å². The number of aliphatic carboxylic acids is 2. The third kappa shape index (κ3) is 10.8. The Kier molecular flexibility index (Phi) is 14.6. The summed E-state index contributed by atoms with van der Waals surface area (Å²) < 4.78 is 25.7. The number of halogens is 1. The lowest BCUT2D eigenvalue weighted by Gasteiger charge is -2.53. The SMILES string of the molecule is COCCN(C)CCC[C@H](C(C)C)N1CC2(CCN(c3ncnnc3Oc3ccc(F)cc3C(=O)N([13CH2][13CH3])[13CH]([13CH3])[13CH3])C2)C1.O=C(O)C(=O)O. The second kappa shape index (κ2) is 18.2. The number of hydrogen-bond donors (Lipinski definition) is 2. The maximum absolute atomic E-state index is 14.3. The van der Waals surface area contributed by atoms with E-state index in [1.165, 1.54) is 37.4 Å². The van der Waals surface area contributed by atoms with E-state index >= 15 is 0 Å². The Morgan fingerprint density at radius 3 is 2.37 bits per heavy atom. The molecular formula is C34H52FN7O7. The molecule has 4 rings (SSSR count). The van der Waals surface area contributed by atoms with Crippen LogP contribution in [-0.4, -0.2) is 137 Å². The molecule has 0 aliphatic carbocycles. The fraction of sp³-hybridized carbons (Fsp3) is 0.647. The molecule has 0 saturated carbocycles. The van der Waals surface area contributed by atoms with Crippen LogP contribution in [0.1, 0.15) is 64.2 Å². The number of hydrogen-bond acceptors (Lipinski definition) is 11. The average molecular weight is 695 g/mol. The molecule has 0 radical (unpaired) electrons. The molecule has 0 bridgehead atoms. The lowest BCUT2D eigenvalue weighted by molar-refractivity contribution is -0.159. The molecule has 1 atom stereocenters. The van der Waals surface area contributed by atoms with E-state index in [2.05, 4.69) is 50.8 Å². The summed E-state index contributed by atoms with van der Waals surface area (Å²) in [5.74, 6) is -2.78. The number of carbonyl (C=O) groups is 3. The zero-order valence-corrected chi connectivity index (χ0v) is 29.8. The summed E-state index contributed by atoms with van der Waals surface area (Å²) in [6, 6.07) is 4.52. The van der Waals surface area contributed by atoms with Crippen LogP contribution in [0, 0.1) is 17.2 Å². The fourth-order valence-electron chi connectivity index (χ4n) is 6.59. The molecule has 2 saturated heterocycles. The van der Waals surface area contributed by atoms with Crippen molar-refractivity contribution in [3.63, 3.8) is 0 Å². The predicted octanol–water partition coefficient (Wildman–Crippen LogP) is 3.72. The first-order valence-electron chi connectivity index (χ1n) is 16.8. The number of rotatable bonds is 15. The number of amides is 1. The molecule has 1 aromatic heterocycles. The Morgan fingerprint density at radius 2 is 1.78 bits per heavy atom. The van der Waals surface area contributed by atoms with Gasteiger partial charge >= 0.3 is 11.9 Å². The van der Waals surface area contributed by atoms with Crippen LogP contribution >= 0.6 is 0 Å². The van der Waals surface area contributed by atoms with Crippen molar-refractivity contribution in [2.75, 3.05) is 71.5 Å². The molecule has 2 aromatic rings. The van der Waals surface area contributed by atoms with Crippen LogP contribution in [0.25, 0.3) is 0 Å². The number of carboxylic acids is 2. The van der Waals surface area contributed by atoms with Crippen molar-refractivity contribution in [3.05, 3.63) is 35.9 Å². The van der Waals surface area contributed by atoms with Crippen LogP contribution in [-0.2, 0) is 14.3 Å². The number of likely N-dealkylation sites (tertiary alicyclic amines) is 1. The average Bonchev–Trinajstić information content (AvgIpc) is 3.48. The highest BCUT2D eigenvalue weighted by atomic mass is 19.1. The summed E-state index contributed by atoms with van der Waals surface area (Å²) in [5.41, 5.74) is 0.366. The first kappa shape index (κ1) is 39.5. The molecule has 0 unspecified atom stereocenters. The molecule has 1 aromatic carbocycles. The second-order valence-corrected chi connectivity index (χ2v) is 13.5. The van der Waals surface area contributed by atoms with E-state index in [9.17, 15) is 9.18 Å². The lowest BCUT2D eigenvalue weighted by Crippen LogP contribution is -2.62. The normalized spacial score (nSPS) is 16.0. The Morgan fingerprint density at radius 1 is 1.08 bits per heavy atom. The van der Waals surface area contributed by atoms with E-state index in [0.29, 0.717) is 24.3 Å². The molecule has 272 valence electrons. The molecule has 14 nitrogen and oxygen atoms in total. The quantitative estimate of drug-likeness (QED) is 0.205. The van der Waals surface area contributed by atoms with Gasteiger partial charge in [0, 0.05) is 63.9 Å². The zero-order chi connectivity index (χ0) is 36.3. The summed E-state index contributed by atoms with van der Waals surface area (Å²) >= 11 is 0. The topological polar surface area (TPSA) is 162 Å². The largest absolute Gasteiger partial charge is 0.473 e. The lowest BCUT2D eigenvalue weighted by atomic mass is 9.76. The monoisotopic (exact) mass is 694 g/mol. The van der Waals surface area contributed by atoms with Crippen molar-refractivity contribution >= 4 is 23.7 Å². The summed E-state index contributed by atoms with van der Waals surface area (Å²) in [6.07, 6.45) is 4.85. The maximum Gasteiger partial charge on any atom is 0.414 e. The van der Waals surface area contributed by atoms with Crippen LogP contribution in [0.2, 0.25) is 0 Å². The van der Waals surface area contributed by atoms with Gasteiger partial charge in [0.05, 0.1) is 12.2 Å². The third-order valence-electron chi connectivity index (χ3n) is 9.13. The van der Waals surface area contributed by atoms with Crippen molar-refractivity contribution < 1.29 is 38.5 Å². The molecule has 1 spiro atoms. The van der Waals surface area contributed by atoms with E-state index in [4.69, 9.17) is 29.3 Å². The Hall–Kier alpha value is -3.95. The van der Waals surface area contributed by atoms with E-state index in [1.54, 1.807) is 12.0 Å². The minimum Gasteiger partial charge on any atom is -0.473 e. The van der Waals surface area contributed by atoms with Crippen LogP contribution in [0.3, 0.4) is 0 Å². The minimum absolute atomic E-state index is 0.0391. The van der Waals surface area contributed by atoms with E-state index < -0.39 is 17.8 Å². The van der Waals surface area contributed by atoms with Crippen LogP contribution in [0.5, 0.6) is 11.6 Å². The highest BCUT2D eigenvalue weighted by molar-refractivity contribution is 6.27. The number of aromatic nitrogens is 3. The number of anilines is 1. The zero-order valence-electron chi connectivity index (χ0n) is 29.8. The van der Waals surface area contributed by atoms with Gasteiger partial charge in [-0.2, -0.15) is 0 Å². The second-order valence-electron chi connectivity index (χ2n) is 13.5. The van der Waals surface area contributed by atoms with Gasteiger partial charge < -0.3 is 34.4 Å². The standard InChI is InChI=1S/C32H50FN7O3.C2H2O4/c1-8-40(24(4)5)31(41)26-18-25(33)11-12-28(26)43-30-29(34-22-35-36-30)38-15-13-32(19-38)20-39(21-32)27(23(2)3)10-9-14-37(6)16-17-42-7;3-1(4)2(5)6/h11-12,18,22-24,27H,8-10,13-17,19-21H2,1-7H3;(H,3,4)(H,5,6)/t27-;/m1./s1/i1+1,4+1,5+1,8+1,24+1;. The Balaban J connectivity index is 0.000000992. The van der Waals surface area contributed by atoms with Gasteiger partial charge in [-0.05, 0) is 77.7 Å². The molecular weight excluding hydrogens is 642 g/mol. The first-order valence-corrected chi connectivity index (χ1v) is 16.8. The van der Waals surface area contributed by atoms with Crippen molar-refractivity contribution in [2.45, 2.75) is 66.0 Å². The van der Waals surface area contributed by atoms with Gasteiger partial charge in [-0.25, -0.2) is 19.0 Å². The van der Waals surface area contributed by atoms with Crippen molar-refractivity contribution in [2.24, 2.45) is 11.3 Å². The van der Waals surface area contributed by atoms with E-state index in [1.807, 2.05) is 20.8 Å². The van der Waals surface area contributed by atoms with Gasteiger partial charge in [-0.15, -0.1) is 10.2 Å². The number of carboxylic acid groups (broad SMARTS) is 2. The summed E-state index contributed by atoms with van der Waals surface area (Å²) in [7, 11) is 3.91. The van der Waals surface area contributed by atoms with Gasteiger partial charge in [-0.3, -0.25) is 9.69 Å². The highest BCUT2D eigenvalue weighted by Gasteiger charge is 2.50. The molecule has 2 fully saturated rings. The molecule has 3 heterocycles. The van der Waals surface area contributed by atoms with Crippen molar-refractivity contribution in [1.82, 2.24) is 29.9 Å². The third-order valence-corrected chi connectivity index (χ3v) is 9.13. The van der Waals surface area contributed by atoms with Gasteiger partial charge in [-0.1, -0.05) is 13.8 Å². The Bertz CT molecular complexity index is 1390. The number of methoxy groups -OCH3 is 1. The number of nitrogens with zero attached hydrogens (tertiary/aromatic N) is 7. The molecule has 2 aliphatic rings. The van der Waals surface area contributed by atoms with Gasteiger partial charge in [0.2, 0.25) is 0 Å². The maximum atomic E-state index is 14.3. The van der Waals surface area contributed by atoms with Crippen molar-refractivity contribution in [1.29, 1.82) is 0 Å². The summed E-state index contributed by atoms with van der Waals surface area (Å²) in [5, 5.41) is 23.0. The van der Waals surface area contributed by atoms with Gasteiger partial charge in [0.25, 0.3) is 11.8 Å². The predicted molar refractivity (Wildman–Crippen MR) is 181 cm³/mol. The van der Waals surface area contributed by atoms with E-state index in [-0.39, 0.29) is 34.6 Å². The molecule has 15 heteroatoms. The Labute approximate surface area is 288 Å². The number of carbonyl (C=O) groups excluding carboxylic acids is 1. The summed E-state index contributed by atoms with van der Waals surface area (Å²) in [6.45, 7) is 17.6.